The topological polar surface area (TPSA) is 80.3 Å². The smallest absolute Gasteiger partial charge is 2.00 e. The fourth-order valence-corrected chi connectivity index (χ4v) is 0. The standard InChI is InChI=1S/Hg.H2O4Se/c;1-5(2,3)4/h;(H2,1,2,3,4)/q+2;/p-2. The molecule has 0 heterocycles. The number of rotatable bonds is 0. The first-order chi connectivity index (χ1) is 2.00. The minimum Gasteiger partial charge on any atom is 2.00 e. The van der Waals surface area contributed by atoms with Crippen molar-refractivity contribution < 1.29 is 43.7 Å². The van der Waals surface area contributed by atoms with Gasteiger partial charge in [-0.2, -0.15) is 0 Å². The second-order valence-corrected chi connectivity index (χ2v) is 2.12. The molecule has 0 fully saturated rings. The SMILES string of the molecule is O=[Se](=O)([O-])[O-].[Hg+2]. The minimum atomic E-state index is -5.75. The van der Waals surface area contributed by atoms with Gasteiger partial charge in [0.1, 0.15) is 0 Å². The molecule has 0 aliphatic heterocycles. The van der Waals surface area contributed by atoms with Crippen LogP contribution < -0.4 is 8.38 Å². The average Bonchev–Trinajstić information content (AvgIpc) is 0.722. The van der Waals surface area contributed by atoms with E-state index in [0.717, 1.165) is 0 Å². The Bertz CT molecular complexity index is 90.7. The Morgan fingerprint density at radius 3 is 1.17 bits per heavy atom. The van der Waals surface area contributed by atoms with Gasteiger partial charge in [0.2, 0.25) is 0 Å². The van der Waals surface area contributed by atoms with Crippen LogP contribution in [0.3, 0.4) is 0 Å². The van der Waals surface area contributed by atoms with Crippen LogP contribution in [0.2, 0.25) is 0 Å². The van der Waals surface area contributed by atoms with Crippen molar-refractivity contribution in [3.05, 3.63) is 0 Å². The summed E-state index contributed by atoms with van der Waals surface area (Å²) in [5.41, 5.74) is 0. The summed E-state index contributed by atoms with van der Waals surface area (Å²) in [6.07, 6.45) is 0. The molecule has 0 aliphatic carbocycles. The van der Waals surface area contributed by atoms with E-state index in [1.54, 1.807) is 0 Å². The molecule has 0 N–H and O–H groups in total. The minimum absolute atomic E-state index is 0. The van der Waals surface area contributed by atoms with Crippen LogP contribution in [0.5, 0.6) is 0 Å². The number of hydrogen-bond donors (Lipinski definition) is 0. The first kappa shape index (κ1) is 10.1. The summed E-state index contributed by atoms with van der Waals surface area (Å²) >= 11 is -5.75. The Labute approximate surface area is 57.0 Å². The van der Waals surface area contributed by atoms with Gasteiger partial charge in [-0.3, -0.25) is 0 Å². The van der Waals surface area contributed by atoms with E-state index in [4.69, 9.17) is 16.0 Å². The molecule has 6 heavy (non-hydrogen) atoms. The molecule has 0 atom stereocenters. The number of hydrogen-bond acceptors (Lipinski definition) is 4. The second-order valence-electron chi connectivity index (χ2n) is 0.408. The Morgan fingerprint density at radius 1 is 1.17 bits per heavy atom. The van der Waals surface area contributed by atoms with Crippen molar-refractivity contribution in [3.8, 4) is 0 Å². The quantitative estimate of drug-likeness (QED) is 0.439. The summed E-state index contributed by atoms with van der Waals surface area (Å²) in [6, 6.07) is 0. The Morgan fingerprint density at radius 2 is 1.17 bits per heavy atom. The van der Waals surface area contributed by atoms with Crippen LogP contribution in [0.25, 0.3) is 0 Å². The van der Waals surface area contributed by atoms with Gasteiger partial charge in [-0.15, -0.1) is 0 Å². The van der Waals surface area contributed by atoms with E-state index >= 15 is 0 Å². The molecule has 0 saturated carbocycles. The summed E-state index contributed by atoms with van der Waals surface area (Å²) in [6.45, 7) is 0. The van der Waals surface area contributed by atoms with E-state index in [0.29, 0.717) is 0 Å². The summed E-state index contributed by atoms with van der Waals surface area (Å²) < 4.78 is 34.4. The van der Waals surface area contributed by atoms with E-state index in [-0.39, 0.29) is 27.7 Å². The monoisotopic (exact) mass is 346 g/mol. The summed E-state index contributed by atoms with van der Waals surface area (Å²) in [7, 11) is 0. The first-order valence-electron chi connectivity index (χ1n) is 0.667. The van der Waals surface area contributed by atoms with Gasteiger partial charge in [0, 0.05) is 0 Å². The summed E-state index contributed by atoms with van der Waals surface area (Å²) in [5, 5.41) is 0. The molecule has 0 amide bonds. The van der Waals surface area contributed by atoms with Gasteiger partial charge in [-0.25, -0.2) is 0 Å². The molecule has 0 unspecified atom stereocenters. The third kappa shape index (κ3) is 82.7. The maximum atomic E-state index is 8.59. The maximum absolute atomic E-state index is 8.59. The fraction of sp³-hybridized carbons (Fsp3) is 0. The second kappa shape index (κ2) is 3.04. The molecule has 0 bridgehead atoms. The maximum Gasteiger partial charge on any atom is 2.00 e. The average molecular weight is 344 g/mol. The van der Waals surface area contributed by atoms with Crippen molar-refractivity contribution >= 4 is 13.4 Å². The zero-order chi connectivity index (χ0) is 4.50. The van der Waals surface area contributed by atoms with Gasteiger partial charge in [0.15, 0.2) is 0 Å². The normalized spacial score (nSPS) is 9.67. The molecule has 0 aromatic carbocycles. The summed E-state index contributed by atoms with van der Waals surface area (Å²) in [5.74, 6) is 0. The van der Waals surface area contributed by atoms with Gasteiger partial charge in [0.05, 0.1) is 0 Å². The molecule has 0 aromatic heterocycles. The van der Waals surface area contributed by atoms with Crippen LogP contribution in [-0.4, -0.2) is 13.4 Å². The van der Waals surface area contributed by atoms with Crippen LogP contribution in [0.15, 0.2) is 0 Å². The first-order valence-corrected chi connectivity index (χ1v) is 3.46. The molecule has 0 radical (unpaired) electrons. The third-order valence-electron chi connectivity index (χ3n) is 0. The van der Waals surface area contributed by atoms with Crippen molar-refractivity contribution in [3.63, 3.8) is 0 Å². The predicted molar refractivity (Wildman–Crippen MR) is 7.13 cm³/mol. The molecule has 0 aromatic rings. The summed E-state index contributed by atoms with van der Waals surface area (Å²) in [4.78, 5) is 0. The van der Waals surface area contributed by atoms with Crippen molar-refractivity contribution in [1.82, 2.24) is 0 Å². The largest absolute Gasteiger partial charge is 2.00 e. The predicted octanol–water partition coefficient (Wildman–Crippen LogP) is -3.00. The molecular formula is HgO4Se. The Hall–Kier alpha value is 0.975. The zero-order valence-electron chi connectivity index (χ0n) is 2.75. The molecule has 0 spiro atoms. The molecule has 6 heteroatoms. The van der Waals surface area contributed by atoms with Crippen LogP contribution in [0.1, 0.15) is 0 Å². The molecule has 0 rings (SSSR count). The fourth-order valence-electron chi connectivity index (χ4n) is 0. The van der Waals surface area contributed by atoms with Gasteiger partial charge < -0.3 is 0 Å². The van der Waals surface area contributed by atoms with Gasteiger partial charge in [-0.1, -0.05) is 0 Å². The van der Waals surface area contributed by atoms with E-state index in [9.17, 15) is 0 Å². The van der Waals surface area contributed by atoms with Crippen LogP contribution >= 0.6 is 0 Å². The van der Waals surface area contributed by atoms with E-state index in [1.165, 1.54) is 0 Å². The molecule has 4 nitrogen and oxygen atoms in total. The molecule has 0 aliphatic rings. The van der Waals surface area contributed by atoms with Crippen LogP contribution in [-0.2, 0) is 35.3 Å². The van der Waals surface area contributed by atoms with E-state index < -0.39 is 13.4 Å². The van der Waals surface area contributed by atoms with Crippen LogP contribution in [0, 0.1) is 0 Å². The van der Waals surface area contributed by atoms with Crippen molar-refractivity contribution in [1.29, 1.82) is 0 Å². The van der Waals surface area contributed by atoms with Crippen LogP contribution in [0.4, 0.5) is 0 Å². The van der Waals surface area contributed by atoms with Gasteiger partial charge >= 0.3 is 57.1 Å². The van der Waals surface area contributed by atoms with Gasteiger partial charge in [-0.05, 0) is 0 Å². The third-order valence-corrected chi connectivity index (χ3v) is 0. The van der Waals surface area contributed by atoms with E-state index in [1.807, 2.05) is 0 Å². The van der Waals surface area contributed by atoms with Crippen molar-refractivity contribution in [2.75, 3.05) is 0 Å². The Kier molecular flexibility index (Phi) is 5.10. The van der Waals surface area contributed by atoms with Gasteiger partial charge in [0.25, 0.3) is 0 Å². The van der Waals surface area contributed by atoms with E-state index in [2.05, 4.69) is 0 Å². The molecular weight excluding hydrogens is 344 g/mol. The Balaban J connectivity index is 0. The molecule has 0 saturated heterocycles. The molecule has 32 valence electrons. The van der Waals surface area contributed by atoms with Crippen molar-refractivity contribution in [2.45, 2.75) is 0 Å². The zero-order valence-corrected chi connectivity index (χ0v) is 9.96. The van der Waals surface area contributed by atoms with Crippen molar-refractivity contribution in [2.24, 2.45) is 0 Å².